The molecule has 3 rings (SSSR count). The van der Waals surface area contributed by atoms with Gasteiger partial charge in [-0.3, -0.25) is 4.79 Å². The van der Waals surface area contributed by atoms with Crippen molar-refractivity contribution in [3.63, 3.8) is 0 Å². The van der Waals surface area contributed by atoms with Crippen LogP contribution in [0.1, 0.15) is 0 Å². The van der Waals surface area contributed by atoms with E-state index in [2.05, 4.69) is 5.32 Å². The Morgan fingerprint density at radius 2 is 1.38 bits per heavy atom. The van der Waals surface area contributed by atoms with E-state index in [1.165, 1.54) is 6.08 Å². The van der Waals surface area contributed by atoms with Crippen LogP contribution in [0, 0.1) is 0 Å². The average Bonchev–Trinajstić information content (AvgIpc) is 3.04. The minimum atomic E-state index is -2.10. The van der Waals surface area contributed by atoms with Crippen molar-refractivity contribution in [3.8, 4) is 0 Å². The zero-order valence-corrected chi connectivity index (χ0v) is 23.7. The van der Waals surface area contributed by atoms with E-state index in [0.29, 0.717) is 0 Å². The Hall–Kier alpha value is -1.35. The summed E-state index contributed by atoms with van der Waals surface area (Å²) in [5, 5.41) is 144. The summed E-state index contributed by atoms with van der Waals surface area (Å²) in [6.07, 6.45) is -26.3. The zero-order valence-electron chi connectivity index (χ0n) is 23.7. The number of aliphatic hydroxyl groups is 14. The van der Waals surface area contributed by atoms with Gasteiger partial charge in [0, 0.05) is 0 Å². The third-order valence-corrected chi connectivity index (χ3v) is 7.98. The first-order valence-corrected chi connectivity index (χ1v) is 14.0. The summed E-state index contributed by atoms with van der Waals surface area (Å²) in [6.45, 7) is -4.57. The van der Waals surface area contributed by atoms with Crippen LogP contribution in [-0.2, 0) is 23.7 Å². The molecule has 20 heteroatoms. The topological polar surface area (TPSA) is 349 Å². The van der Waals surface area contributed by atoms with Gasteiger partial charge >= 0.3 is 0 Å². The molecular formula is C25H43NO19. The van der Waals surface area contributed by atoms with Crippen molar-refractivity contribution < 1.29 is 95.2 Å². The molecule has 9 unspecified atom stereocenters. The van der Waals surface area contributed by atoms with Crippen molar-refractivity contribution >= 4 is 5.78 Å². The molecule has 2 saturated heterocycles. The highest BCUT2D eigenvalue weighted by Crippen LogP contribution is 2.31. The smallest absolute Gasteiger partial charge is 0.195 e. The molecule has 0 aromatic heterocycles. The number of ether oxygens (including phenoxy) is 4. The highest BCUT2D eigenvalue weighted by molar-refractivity contribution is 5.87. The van der Waals surface area contributed by atoms with Crippen LogP contribution < -0.4 is 5.32 Å². The monoisotopic (exact) mass is 661 g/mol. The second-order valence-corrected chi connectivity index (χ2v) is 11.0. The number of ketones is 1. The fourth-order valence-corrected chi connectivity index (χ4v) is 5.32. The number of carbonyl (C=O) groups is 1. The van der Waals surface area contributed by atoms with Gasteiger partial charge in [0.25, 0.3) is 0 Å². The number of hydrogen-bond acceptors (Lipinski definition) is 20. The molecule has 2 fully saturated rings. The Labute approximate surface area is 255 Å². The van der Waals surface area contributed by atoms with Gasteiger partial charge in [0.1, 0.15) is 79.4 Å². The van der Waals surface area contributed by atoms with Crippen molar-refractivity contribution in [2.75, 3.05) is 33.0 Å². The molecular weight excluding hydrogens is 618 g/mol. The molecule has 1 aliphatic carbocycles. The lowest BCUT2D eigenvalue weighted by Gasteiger charge is -2.48. The van der Waals surface area contributed by atoms with Gasteiger partial charge in [0.2, 0.25) is 0 Å². The summed E-state index contributed by atoms with van der Waals surface area (Å²) < 4.78 is 21.7. The summed E-state index contributed by atoms with van der Waals surface area (Å²) in [4.78, 5) is 12.3. The summed E-state index contributed by atoms with van der Waals surface area (Å²) in [5.41, 5.74) is -0.0490. The van der Waals surface area contributed by atoms with Gasteiger partial charge in [0.15, 0.2) is 18.4 Å². The quantitative estimate of drug-likeness (QED) is 0.0768. The van der Waals surface area contributed by atoms with Crippen LogP contribution in [0.2, 0.25) is 0 Å². The van der Waals surface area contributed by atoms with E-state index in [1.807, 2.05) is 0 Å². The van der Waals surface area contributed by atoms with Gasteiger partial charge in [-0.25, -0.2) is 0 Å². The van der Waals surface area contributed by atoms with Crippen LogP contribution >= 0.6 is 0 Å². The third-order valence-electron chi connectivity index (χ3n) is 7.98. The fourth-order valence-electron chi connectivity index (χ4n) is 5.32. The molecule has 15 N–H and O–H groups in total. The predicted octanol–water partition coefficient (Wildman–Crippen LogP) is -9.75. The van der Waals surface area contributed by atoms with Gasteiger partial charge in [0.05, 0.1) is 45.1 Å². The van der Waals surface area contributed by atoms with E-state index in [-0.39, 0.29) is 5.57 Å². The van der Waals surface area contributed by atoms with Gasteiger partial charge in [-0.1, -0.05) is 6.08 Å². The second kappa shape index (κ2) is 16.7. The van der Waals surface area contributed by atoms with Crippen LogP contribution in [0.4, 0.5) is 0 Å². The first kappa shape index (κ1) is 38.1. The number of hydrogen-bond donors (Lipinski definition) is 15. The standard InChI is InChI=1S/C25H43NO19/c27-2-7-1-8(15(35)18(38)14(7)34)26-13-11(5-30)42-24(20(40)17(13)37)45-23-12(6-31)43-25(21(41)19(23)39)44-22(10(33)4-29)16(36)9(32)3-28/h1,8-15,17-35,37-41H,2-6H2/t8-,9?,10-,11-,12?,13?,14-,15+,17+,18?,19?,20?,21-,22?,23?,24+,25?/m1/s1. The Morgan fingerprint density at radius 1 is 0.778 bits per heavy atom. The Bertz CT molecular complexity index is 971. The van der Waals surface area contributed by atoms with Crippen LogP contribution in [0.5, 0.6) is 0 Å². The molecule has 20 nitrogen and oxygen atoms in total. The highest BCUT2D eigenvalue weighted by atomic mass is 16.7. The van der Waals surface area contributed by atoms with Crippen LogP contribution in [0.3, 0.4) is 0 Å². The molecule has 17 atom stereocenters. The fraction of sp³-hybridized carbons (Fsp3) is 0.880. The van der Waals surface area contributed by atoms with E-state index >= 15 is 0 Å². The number of Topliss-reactive ketones (excluding diaryl/α,β-unsaturated/α-hetero) is 1. The van der Waals surface area contributed by atoms with Crippen molar-refractivity contribution in [1.29, 1.82) is 0 Å². The molecule has 0 amide bonds. The maximum Gasteiger partial charge on any atom is 0.195 e. The van der Waals surface area contributed by atoms with Crippen LogP contribution in [-0.4, -0.2) is 214 Å². The molecule has 0 radical (unpaired) electrons. The Morgan fingerprint density at radius 3 is 1.93 bits per heavy atom. The van der Waals surface area contributed by atoms with E-state index in [0.717, 1.165) is 0 Å². The molecule has 45 heavy (non-hydrogen) atoms. The SMILES string of the molecule is O=C(C(O)CO)C(OC1OC(CO)C(O[C@@H]2O[C@H](CO)C(N[C@@H]3C=C(CO)[C@@H](O)C(O)[C@H]3O)[C@H](O)C2O)C(O)[C@H]1O)[C@H](O)CO. The number of rotatable bonds is 14. The predicted molar refractivity (Wildman–Crippen MR) is 140 cm³/mol. The molecule has 2 heterocycles. The van der Waals surface area contributed by atoms with Gasteiger partial charge in [-0.2, -0.15) is 0 Å². The molecule has 0 bridgehead atoms. The lowest BCUT2D eigenvalue weighted by Crippen LogP contribution is -2.69. The normalized spacial score (nSPS) is 42.9. The van der Waals surface area contributed by atoms with Crippen molar-refractivity contribution in [3.05, 3.63) is 11.6 Å². The number of carbonyl (C=O) groups excluding carboxylic acids is 1. The molecule has 0 saturated carbocycles. The van der Waals surface area contributed by atoms with E-state index in [4.69, 9.17) is 24.1 Å². The summed E-state index contributed by atoms with van der Waals surface area (Å²) in [6, 6.07) is -2.56. The minimum Gasteiger partial charge on any atom is -0.394 e. The van der Waals surface area contributed by atoms with Crippen molar-refractivity contribution in [2.24, 2.45) is 0 Å². The molecule has 3 aliphatic rings. The zero-order chi connectivity index (χ0) is 33.7. The average molecular weight is 662 g/mol. The molecule has 0 aromatic carbocycles. The second-order valence-electron chi connectivity index (χ2n) is 11.0. The summed E-state index contributed by atoms with van der Waals surface area (Å²) in [7, 11) is 0. The lowest BCUT2D eigenvalue weighted by atomic mass is 9.86. The number of nitrogens with one attached hydrogen (secondary N) is 1. The summed E-state index contributed by atoms with van der Waals surface area (Å²) >= 11 is 0. The first-order chi connectivity index (χ1) is 21.2. The molecule has 0 aromatic rings. The third kappa shape index (κ3) is 8.21. The Balaban J connectivity index is 1.74. The van der Waals surface area contributed by atoms with Crippen molar-refractivity contribution in [2.45, 2.75) is 104 Å². The van der Waals surface area contributed by atoms with E-state index in [1.54, 1.807) is 0 Å². The molecule has 2 aliphatic heterocycles. The minimum absolute atomic E-state index is 0.0490. The van der Waals surface area contributed by atoms with E-state index < -0.39 is 143 Å². The lowest BCUT2D eigenvalue weighted by molar-refractivity contribution is -0.357. The molecule has 0 spiro atoms. The van der Waals surface area contributed by atoms with E-state index in [9.17, 15) is 71.2 Å². The first-order valence-electron chi connectivity index (χ1n) is 14.0. The maximum atomic E-state index is 12.3. The number of aliphatic hydroxyl groups excluding tert-OH is 14. The van der Waals surface area contributed by atoms with Crippen LogP contribution in [0.25, 0.3) is 0 Å². The van der Waals surface area contributed by atoms with Gasteiger partial charge in [-0.05, 0) is 5.57 Å². The highest BCUT2D eigenvalue weighted by Gasteiger charge is 2.52. The Kier molecular flexibility index (Phi) is 14.1. The maximum absolute atomic E-state index is 12.3. The largest absolute Gasteiger partial charge is 0.394 e. The van der Waals surface area contributed by atoms with Crippen molar-refractivity contribution in [1.82, 2.24) is 5.32 Å². The van der Waals surface area contributed by atoms with Gasteiger partial charge in [-0.15, -0.1) is 0 Å². The summed E-state index contributed by atoms with van der Waals surface area (Å²) in [5.74, 6) is -1.30. The van der Waals surface area contributed by atoms with Gasteiger partial charge < -0.3 is 95.8 Å². The van der Waals surface area contributed by atoms with Crippen LogP contribution in [0.15, 0.2) is 11.6 Å². The molecule has 262 valence electrons.